The van der Waals surface area contributed by atoms with Gasteiger partial charge in [0.15, 0.2) is 23.3 Å². The summed E-state index contributed by atoms with van der Waals surface area (Å²) in [7, 11) is 0. The molecule has 3 heterocycles. The monoisotopic (exact) mass is 705 g/mol. The summed E-state index contributed by atoms with van der Waals surface area (Å²) in [6.45, 7) is 0. The number of hydrogen-bond acceptors (Lipinski definition) is 6. The van der Waals surface area contributed by atoms with Gasteiger partial charge in [-0.3, -0.25) is 0 Å². The van der Waals surface area contributed by atoms with Crippen LogP contribution < -0.4 is 0 Å². The third-order valence-electron chi connectivity index (χ3n) is 9.76. The predicted molar refractivity (Wildman–Crippen MR) is 221 cm³/mol. The van der Waals surface area contributed by atoms with Crippen molar-refractivity contribution >= 4 is 21.9 Å². The maximum atomic E-state index is 6.57. The van der Waals surface area contributed by atoms with Crippen LogP contribution in [0.15, 0.2) is 192 Å². The first kappa shape index (κ1) is 32.1. The van der Waals surface area contributed by atoms with Crippen LogP contribution in [0.3, 0.4) is 0 Å². The molecule has 6 nitrogen and oxygen atoms in total. The maximum absolute atomic E-state index is 6.57. The Balaban J connectivity index is 1.12. The maximum Gasteiger partial charge on any atom is 0.164 e. The quantitative estimate of drug-likeness (QED) is 0.164. The summed E-state index contributed by atoms with van der Waals surface area (Å²) in [5, 5.41) is 1.88. The molecule has 0 aliphatic heterocycles. The van der Waals surface area contributed by atoms with Gasteiger partial charge in [-0.2, -0.15) is 0 Å². The highest BCUT2D eigenvalue weighted by atomic mass is 16.3. The first-order valence-corrected chi connectivity index (χ1v) is 18.2. The zero-order valence-corrected chi connectivity index (χ0v) is 29.5. The van der Waals surface area contributed by atoms with Gasteiger partial charge in [0.05, 0.1) is 11.4 Å². The van der Waals surface area contributed by atoms with E-state index in [0.29, 0.717) is 23.3 Å². The predicted octanol–water partition coefficient (Wildman–Crippen LogP) is 12.2. The minimum absolute atomic E-state index is 0.567. The van der Waals surface area contributed by atoms with Crippen molar-refractivity contribution in [2.24, 2.45) is 0 Å². The lowest BCUT2D eigenvalue weighted by Gasteiger charge is -2.10. The van der Waals surface area contributed by atoms with Gasteiger partial charge in [-0.15, -0.1) is 0 Å². The Morgan fingerprint density at radius 3 is 1.44 bits per heavy atom. The van der Waals surface area contributed by atoms with Crippen molar-refractivity contribution in [3.63, 3.8) is 0 Å². The molecular weight excluding hydrogens is 675 g/mol. The van der Waals surface area contributed by atoms with E-state index in [9.17, 15) is 0 Å². The molecule has 0 amide bonds. The fourth-order valence-corrected chi connectivity index (χ4v) is 7.05. The lowest BCUT2D eigenvalue weighted by Crippen LogP contribution is -2.00. The van der Waals surface area contributed by atoms with E-state index in [4.69, 9.17) is 29.3 Å². The number of benzene rings is 7. The molecule has 0 unspecified atom stereocenters. The Morgan fingerprint density at radius 1 is 0.291 bits per heavy atom. The summed E-state index contributed by atoms with van der Waals surface area (Å²) in [5.74, 6) is 2.38. The van der Waals surface area contributed by atoms with Crippen LogP contribution in [0.4, 0.5) is 0 Å². The van der Waals surface area contributed by atoms with Crippen molar-refractivity contribution in [1.82, 2.24) is 24.9 Å². The van der Waals surface area contributed by atoms with Crippen molar-refractivity contribution in [1.29, 1.82) is 0 Å². The van der Waals surface area contributed by atoms with Crippen molar-refractivity contribution in [2.75, 3.05) is 0 Å². The molecule has 0 saturated carbocycles. The van der Waals surface area contributed by atoms with Gasteiger partial charge < -0.3 is 4.42 Å². The van der Waals surface area contributed by atoms with Gasteiger partial charge in [0.25, 0.3) is 0 Å². The van der Waals surface area contributed by atoms with Crippen molar-refractivity contribution in [3.05, 3.63) is 188 Å². The molecule has 0 spiro atoms. The van der Waals surface area contributed by atoms with Crippen molar-refractivity contribution in [3.8, 4) is 79.2 Å². The highest BCUT2D eigenvalue weighted by Crippen LogP contribution is 2.38. The molecule has 0 atom stereocenters. The van der Waals surface area contributed by atoms with Crippen LogP contribution in [0, 0.1) is 0 Å². The van der Waals surface area contributed by atoms with E-state index in [2.05, 4.69) is 66.7 Å². The van der Waals surface area contributed by atoms with Crippen molar-refractivity contribution < 1.29 is 4.42 Å². The third kappa shape index (κ3) is 6.22. The van der Waals surface area contributed by atoms with Gasteiger partial charge in [0.1, 0.15) is 11.2 Å². The number of rotatable bonds is 7. The molecule has 0 saturated heterocycles. The molecule has 3 aromatic heterocycles. The molecule has 0 bridgehead atoms. The Labute approximate surface area is 317 Å². The zero-order valence-electron chi connectivity index (χ0n) is 29.5. The minimum atomic E-state index is 0.567. The molecule has 10 aromatic rings. The van der Waals surface area contributed by atoms with Crippen LogP contribution >= 0.6 is 0 Å². The highest BCUT2D eigenvalue weighted by Gasteiger charge is 2.19. The van der Waals surface area contributed by atoms with Crippen LogP contribution in [0.25, 0.3) is 101 Å². The van der Waals surface area contributed by atoms with E-state index >= 15 is 0 Å². The number of nitrogens with zero attached hydrogens (tertiary/aromatic N) is 5. The van der Waals surface area contributed by atoms with Gasteiger partial charge in [0.2, 0.25) is 0 Å². The number of aromatic nitrogens is 5. The largest absolute Gasteiger partial charge is 0.456 e. The first-order valence-electron chi connectivity index (χ1n) is 18.2. The van der Waals surface area contributed by atoms with Gasteiger partial charge in [-0.25, -0.2) is 24.9 Å². The fraction of sp³-hybridized carbons (Fsp3) is 0. The fourth-order valence-electron chi connectivity index (χ4n) is 7.05. The second-order valence-electron chi connectivity index (χ2n) is 13.3. The summed E-state index contributed by atoms with van der Waals surface area (Å²) in [6, 6.07) is 63.4. The SMILES string of the molecule is c1ccc(-c2cccc(-c3nc(-c4ccccc4)nc(-c4cccc5oc6cc(-c7nc(-c8ccccc8)cc(-c8ccccc8)n7)ccc6c45)n3)c2)cc1. The number of fused-ring (bicyclic) bond motifs is 3. The summed E-state index contributed by atoms with van der Waals surface area (Å²) in [6.07, 6.45) is 0. The van der Waals surface area contributed by atoms with E-state index in [1.165, 1.54) is 0 Å². The third-order valence-corrected chi connectivity index (χ3v) is 9.76. The molecule has 0 aliphatic carbocycles. The van der Waals surface area contributed by atoms with Crippen molar-refractivity contribution in [2.45, 2.75) is 0 Å². The molecule has 0 fully saturated rings. The topological polar surface area (TPSA) is 77.6 Å². The Morgan fingerprint density at radius 2 is 0.782 bits per heavy atom. The number of hydrogen-bond donors (Lipinski definition) is 0. The van der Waals surface area contributed by atoms with Crippen LogP contribution in [-0.2, 0) is 0 Å². The first-order chi connectivity index (χ1) is 27.2. The van der Waals surface area contributed by atoms with Gasteiger partial charge in [-0.1, -0.05) is 158 Å². The summed E-state index contributed by atoms with van der Waals surface area (Å²) < 4.78 is 6.57. The smallest absolute Gasteiger partial charge is 0.164 e. The molecular formula is C49H31N5O. The van der Waals surface area contributed by atoms with Crippen LogP contribution in [0.5, 0.6) is 0 Å². The zero-order chi connectivity index (χ0) is 36.6. The summed E-state index contributed by atoms with van der Waals surface area (Å²) >= 11 is 0. The molecule has 6 heteroatoms. The molecule has 0 aliphatic rings. The second-order valence-corrected chi connectivity index (χ2v) is 13.3. The van der Waals surface area contributed by atoms with Gasteiger partial charge in [-0.05, 0) is 41.5 Å². The molecule has 0 N–H and O–H groups in total. The number of furan rings is 1. The van der Waals surface area contributed by atoms with Gasteiger partial charge in [0, 0.05) is 44.2 Å². The minimum Gasteiger partial charge on any atom is -0.456 e. The van der Waals surface area contributed by atoms with Crippen LogP contribution in [-0.4, -0.2) is 24.9 Å². The lowest BCUT2D eigenvalue weighted by atomic mass is 10.0. The molecule has 10 rings (SSSR count). The Bertz CT molecular complexity index is 2910. The van der Waals surface area contributed by atoms with E-state index < -0.39 is 0 Å². The van der Waals surface area contributed by atoms with Gasteiger partial charge >= 0.3 is 0 Å². The van der Waals surface area contributed by atoms with E-state index in [0.717, 1.165) is 77.8 Å². The molecule has 0 radical (unpaired) electrons. The normalized spacial score (nSPS) is 11.3. The summed E-state index contributed by atoms with van der Waals surface area (Å²) in [5.41, 5.74) is 11.0. The van der Waals surface area contributed by atoms with E-state index in [1.54, 1.807) is 0 Å². The van der Waals surface area contributed by atoms with E-state index in [1.807, 2.05) is 121 Å². The average molecular weight is 706 g/mol. The van der Waals surface area contributed by atoms with Crippen LogP contribution in [0.1, 0.15) is 0 Å². The standard InChI is InChI=1S/C49H31N5O/c1-5-15-32(16-6-1)36-23-13-24-37(29-36)48-52-46(35-21-11-4-12-22-35)53-49(54-48)40-25-14-26-43-45(40)39-28-27-38(30-44(39)55-43)47-50-41(33-17-7-2-8-18-33)31-42(51-47)34-19-9-3-10-20-34/h1-31H. The summed E-state index contributed by atoms with van der Waals surface area (Å²) in [4.78, 5) is 25.3. The molecule has 7 aromatic carbocycles. The van der Waals surface area contributed by atoms with Crippen LogP contribution in [0.2, 0.25) is 0 Å². The molecule has 258 valence electrons. The highest BCUT2D eigenvalue weighted by molar-refractivity contribution is 6.12. The van der Waals surface area contributed by atoms with E-state index in [-0.39, 0.29) is 0 Å². The lowest BCUT2D eigenvalue weighted by molar-refractivity contribution is 0.669. The Hall–Kier alpha value is -7.57. The Kier molecular flexibility index (Phi) is 8.04. The average Bonchev–Trinajstić information content (AvgIpc) is 3.66. The second kappa shape index (κ2) is 13.8. The molecule has 55 heavy (non-hydrogen) atoms.